The normalized spacial score (nSPS) is 14.4. The number of nitrogens with zero attached hydrogens (tertiary/aromatic N) is 1. The van der Waals surface area contributed by atoms with Crippen LogP contribution in [0, 0.1) is 5.82 Å². The molecule has 0 fully saturated rings. The largest absolute Gasteiger partial charge is 0.472 e. The molecule has 0 amide bonds. The van der Waals surface area contributed by atoms with Gasteiger partial charge >= 0.3 is 0 Å². The Morgan fingerprint density at radius 1 is 1.35 bits per heavy atom. The fourth-order valence-corrected chi connectivity index (χ4v) is 2.51. The molecule has 4 heteroatoms. The van der Waals surface area contributed by atoms with E-state index in [0.717, 1.165) is 17.5 Å². The van der Waals surface area contributed by atoms with E-state index in [-0.39, 0.29) is 17.9 Å². The minimum Gasteiger partial charge on any atom is -0.472 e. The van der Waals surface area contributed by atoms with E-state index in [1.54, 1.807) is 24.7 Å². The van der Waals surface area contributed by atoms with Crippen molar-refractivity contribution in [2.24, 2.45) is 5.73 Å². The monoisotopic (exact) mass is 276 g/mol. The van der Waals surface area contributed by atoms with Crippen molar-refractivity contribution in [1.29, 1.82) is 0 Å². The van der Waals surface area contributed by atoms with Gasteiger partial charge in [-0.25, -0.2) is 4.39 Å². The highest BCUT2D eigenvalue weighted by molar-refractivity contribution is 5.22. The maximum atomic E-state index is 13.5. The zero-order chi connectivity index (χ0) is 14.5. The highest BCUT2D eigenvalue weighted by atomic mass is 19.1. The first-order valence-electron chi connectivity index (χ1n) is 6.84. The van der Waals surface area contributed by atoms with Crippen LogP contribution in [0.15, 0.2) is 47.3 Å². The quantitative estimate of drug-likeness (QED) is 0.880. The van der Waals surface area contributed by atoms with E-state index in [0.29, 0.717) is 6.54 Å². The van der Waals surface area contributed by atoms with Gasteiger partial charge in [0.25, 0.3) is 0 Å². The zero-order valence-corrected chi connectivity index (χ0v) is 11.9. The van der Waals surface area contributed by atoms with Crippen molar-refractivity contribution < 1.29 is 8.81 Å². The van der Waals surface area contributed by atoms with E-state index in [1.165, 1.54) is 6.07 Å². The molecular weight excluding hydrogens is 255 g/mol. The van der Waals surface area contributed by atoms with Crippen LogP contribution in [0.25, 0.3) is 0 Å². The van der Waals surface area contributed by atoms with Gasteiger partial charge in [0.2, 0.25) is 0 Å². The standard InChI is InChI=1S/C16H21FN2O/c1-3-15(18)16(13-5-4-6-14(17)9-13)19(2)10-12-7-8-20-11-12/h4-9,11,15-16H,3,10,18H2,1-2H3. The summed E-state index contributed by atoms with van der Waals surface area (Å²) in [5, 5.41) is 0. The number of benzene rings is 1. The maximum Gasteiger partial charge on any atom is 0.123 e. The third-order valence-electron chi connectivity index (χ3n) is 3.55. The van der Waals surface area contributed by atoms with Gasteiger partial charge in [-0.3, -0.25) is 4.90 Å². The molecule has 0 radical (unpaired) electrons. The summed E-state index contributed by atoms with van der Waals surface area (Å²) in [4.78, 5) is 2.13. The smallest absolute Gasteiger partial charge is 0.123 e. The Morgan fingerprint density at radius 3 is 2.75 bits per heavy atom. The average molecular weight is 276 g/mol. The number of hydrogen-bond acceptors (Lipinski definition) is 3. The summed E-state index contributed by atoms with van der Waals surface area (Å²) in [6, 6.07) is 8.52. The molecule has 0 aliphatic heterocycles. The Bertz CT molecular complexity index is 527. The summed E-state index contributed by atoms with van der Waals surface area (Å²) in [6.45, 7) is 2.76. The van der Waals surface area contributed by atoms with E-state index in [2.05, 4.69) is 4.90 Å². The maximum absolute atomic E-state index is 13.5. The summed E-state index contributed by atoms with van der Waals surface area (Å²) in [7, 11) is 2.00. The Hall–Kier alpha value is -1.65. The van der Waals surface area contributed by atoms with E-state index in [9.17, 15) is 4.39 Å². The molecule has 2 N–H and O–H groups in total. The molecule has 1 aromatic heterocycles. The molecule has 1 aromatic carbocycles. The second kappa shape index (κ2) is 6.68. The van der Waals surface area contributed by atoms with Crippen molar-refractivity contribution in [1.82, 2.24) is 4.90 Å². The summed E-state index contributed by atoms with van der Waals surface area (Å²) >= 11 is 0. The number of nitrogens with two attached hydrogens (primary N) is 1. The summed E-state index contributed by atoms with van der Waals surface area (Å²) in [5.74, 6) is -0.229. The minimum atomic E-state index is -0.229. The van der Waals surface area contributed by atoms with Gasteiger partial charge in [-0.1, -0.05) is 19.1 Å². The van der Waals surface area contributed by atoms with Crippen molar-refractivity contribution in [3.63, 3.8) is 0 Å². The van der Waals surface area contributed by atoms with Crippen molar-refractivity contribution in [2.45, 2.75) is 32.0 Å². The Morgan fingerprint density at radius 2 is 2.15 bits per heavy atom. The SMILES string of the molecule is CCC(N)C(c1cccc(F)c1)N(C)Cc1ccoc1. The molecule has 0 saturated heterocycles. The molecular formula is C16H21FN2O. The Balaban J connectivity index is 2.23. The lowest BCUT2D eigenvalue weighted by atomic mass is 9.96. The molecule has 0 saturated carbocycles. The molecule has 3 nitrogen and oxygen atoms in total. The first kappa shape index (κ1) is 14.8. The van der Waals surface area contributed by atoms with Crippen molar-refractivity contribution in [3.8, 4) is 0 Å². The van der Waals surface area contributed by atoms with Gasteiger partial charge in [0.1, 0.15) is 5.82 Å². The van der Waals surface area contributed by atoms with E-state index in [1.807, 2.05) is 26.1 Å². The van der Waals surface area contributed by atoms with Gasteiger partial charge in [-0.2, -0.15) is 0 Å². The van der Waals surface area contributed by atoms with Crippen LogP contribution in [0.5, 0.6) is 0 Å². The van der Waals surface area contributed by atoms with Gasteiger partial charge in [0.05, 0.1) is 18.6 Å². The lowest BCUT2D eigenvalue weighted by molar-refractivity contribution is 0.201. The summed E-state index contributed by atoms with van der Waals surface area (Å²) < 4.78 is 18.6. The molecule has 2 atom stereocenters. The molecule has 2 unspecified atom stereocenters. The highest BCUT2D eigenvalue weighted by Crippen LogP contribution is 2.26. The van der Waals surface area contributed by atoms with Gasteiger partial charge in [-0.15, -0.1) is 0 Å². The minimum absolute atomic E-state index is 0.0226. The van der Waals surface area contributed by atoms with Crippen molar-refractivity contribution in [3.05, 3.63) is 59.8 Å². The van der Waals surface area contributed by atoms with Crippen LogP contribution in [-0.4, -0.2) is 18.0 Å². The fourth-order valence-electron chi connectivity index (χ4n) is 2.51. The van der Waals surface area contributed by atoms with Gasteiger partial charge in [-0.05, 0) is 37.2 Å². The Kier molecular flexibility index (Phi) is 4.93. The number of furan rings is 1. The second-order valence-electron chi connectivity index (χ2n) is 5.12. The van der Waals surface area contributed by atoms with E-state index < -0.39 is 0 Å². The molecule has 0 aliphatic rings. The molecule has 108 valence electrons. The third kappa shape index (κ3) is 3.46. The van der Waals surface area contributed by atoms with E-state index >= 15 is 0 Å². The summed E-state index contributed by atoms with van der Waals surface area (Å²) in [5.41, 5.74) is 8.23. The summed E-state index contributed by atoms with van der Waals surface area (Å²) in [6.07, 6.45) is 4.20. The highest BCUT2D eigenvalue weighted by Gasteiger charge is 2.23. The number of hydrogen-bond donors (Lipinski definition) is 1. The topological polar surface area (TPSA) is 42.4 Å². The lowest BCUT2D eigenvalue weighted by Gasteiger charge is -2.32. The van der Waals surface area contributed by atoms with Crippen LogP contribution >= 0.6 is 0 Å². The predicted octanol–water partition coefficient (Wildman–Crippen LogP) is 3.33. The van der Waals surface area contributed by atoms with Crippen LogP contribution in [0.4, 0.5) is 4.39 Å². The second-order valence-corrected chi connectivity index (χ2v) is 5.12. The molecule has 0 bridgehead atoms. The number of halogens is 1. The van der Waals surface area contributed by atoms with E-state index in [4.69, 9.17) is 10.2 Å². The first-order chi connectivity index (χ1) is 9.61. The number of rotatable bonds is 6. The Labute approximate surface area is 119 Å². The lowest BCUT2D eigenvalue weighted by Crippen LogP contribution is -2.38. The van der Waals surface area contributed by atoms with Crippen LogP contribution in [0.3, 0.4) is 0 Å². The molecule has 2 aromatic rings. The van der Waals surface area contributed by atoms with Crippen LogP contribution in [0.2, 0.25) is 0 Å². The van der Waals surface area contributed by atoms with Crippen LogP contribution < -0.4 is 5.73 Å². The van der Waals surface area contributed by atoms with Crippen LogP contribution in [-0.2, 0) is 6.54 Å². The van der Waals surface area contributed by atoms with Gasteiger partial charge in [0, 0.05) is 18.2 Å². The molecule has 2 rings (SSSR count). The first-order valence-corrected chi connectivity index (χ1v) is 6.84. The predicted molar refractivity (Wildman–Crippen MR) is 77.6 cm³/mol. The molecule has 20 heavy (non-hydrogen) atoms. The molecule has 1 heterocycles. The molecule has 0 spiro atoms. The van der Waals surface area contributed by atoms with Crippen LogP contribution in [0.1, 0.15) is 30.5 Å². The van der Waals surface area contributed by atoms with Crippen molar-refractivity contribution >= 4 is 0 Å². The van der Waals surface area contributed by atoms with Crippen molar-refractivity contribution in [2.75, 3.05) is 7.05 Å². The molecule has 0 aliphatic carbocycles. The fraction of sp³-hybridized carbons (Fsp3) is 0.375. The average Bonchev–Trinajstić information content (AvgIpc) is 2.91. The number of likely N-dealkylation sites (N-methyl/N-ethyl adjacent to an activating group) is 1. The third-order valence-corrected chi connectivity index (χ3v) is 3.55. The van der Waals surface area contributed by atoms with Gasteiger partial charge < -0.3 is 10.2 Å². The zero-order valence-electron chi connectivity index (χ0n) is 11.9. The van der Waals surface area contributed by atoms with Gasteiger partial charge in [0.15, 0.2) is 0 Å².